The Morgan fingerprint density at radius 2 is 1.87 bits per heavy atom. The average Bonchev–Trinajstić information content (AvgIpc) is 3.31. The number of methoxy groups -OCH3 is 1. The lowest BCUT2D eigenvalue weighted by Gasteiger charge is -2.38. The number of hydrogen-bond acceptors (Lipinski definition) is 5. The van der Waals surface area contributed by atoms with Crippen molar-refractivity contribution in [1.29, 1.82) is 0 Å². The molecule has 1 aromatic carbocycles. The smallest absolute Gasteiger partial charge is 0.229 e. The molecule has 0 saturated carbocycles. The van der Waals surface area contributed by atoms with Gasteiger partial charge in [0, 0.05) is 37.9 Å². The van der Waals surface area contributed by atoms with Crippen molar-refractivity contribution in [2.45, 2.75) is 32.6 Å². The van der Waals surface area contributed by atoms with E-state index in [-0.39, 0.29) is 5.41 Å². The first kappa shape index (κ1) is 19.1. The molecule has 1 amide bonds. The number of aromatic nitrogens is 2. The van der Waals surface area contributed by atoms with E-state index >= 15 is 0 Å². The van der Waals surface area contributed by atoms with Crippen molar-refractivity contribution in [1.82, 2.24) is 14.9 Å². The average molecular weight is 405 g/mol. The summed E-state index contributed by atoms with van der Waals surface area (Å²) in [6.45, 7) is 5.15. The van der Waals surface area contributed by atoms with Gasteiger partial charge in [0.25, 0.3) is 0 Å². The molecular formula is C24H28N4O2. The van der Waals surface area contributed by atoms with Gasteiger partial charge in [0.2, 0.25) is 17.7 Å². The maximum Gasteiger partial charge on any atom is 0.229 e. The van der Waals surface area contributed by atoms with Gasteiger partial charge < -0.3 is 14.5 Å². The van der Waals surface area contributed by atoms with Gasteiger partial charge in [-0.25, -0.2) is 4.98 Å². The Labute approximate surface area is 177 Å². The zero-order valence-electron chi connectivity index (χ0n) is 17.7. The summed E-state index contributed by atoms with van der Waals surface area (Å²) in [4.78, 5) is 26.8. The van der Waals surface area contributed by atoms with E-state index in [1.165, 1.54) is 16.7 Å². The van der Waals surface area contributed by atoms with E-state index in [1.54, 1.807) is 7.11 Å². The van der Waals surface area contributed by atoms with Crippen molar-refractivity contribution in [2.75, 3.05) is 38.2 Å². The van der Waals surface area contributed by atoms with Crippen molar-refractivity contribution < 1.29 is 9.53 Å². The molecule has 1 spiro atoms. The fraction of sp³-hybridized carbons (Fsp3) is 0.458. The first-order valence-electron chi connectivity index (χ1n) is 10.8. The van der Waals surface area contributed by atoms with Crippen molar-refractivity contribution in [3.63, 3.8) is 0 Å². The molecule has 0 N–H and O–H groups in total. The van der Waals surface area contributed by atoms with E-state index in [0.29, 0.717) is 17.7 Å². The maximum absolute atomic E-state index is 13.4. The molecule has 3 heterocycles. The summed E-state index contributed by atoms with van der Waals surface area (Å²) in [5, 5.41) is 0. The Kier molecular flexibility index (Phi) is 4.72. The van der Waals surface area contributed by atoms with Gasteiger partial charge >= 0.3 is 0 Å². The normalized spacial score (nSPS) is 19.9. The topological polar surface area (TPSA) is 58.6 Å². The summed E-state index contributed by atoms with van der Waals surface area (Å²) in [6, 6.07) is 10.4. The number of aryl methyl sites for hydroxylation is 1. The Bertz CT molecular complexity index is 1010. The minimum absolute atomic E-state index is 0.219. The molecule has 2 saturated heterocycles. The second-order valence-electron chi connectivity index (χ2n) is 8.69. The van der Waals surface area contributed by atoms with E-state index in [1.807, 2.05) is 13.0 Å². The zero-order chi connectivity index (χ0) is 20.7. The van der Waals surface area contributed by atoms with Crippen LogP contribution < -0.4 is 9.64 Å². The lowest BCUT2D eigenvalue weighted by Crippen LogP contribution is -2.45. The molecule has 0 atom stereocenters. The van der Waals surface area contributed by atoms with Crippen molar-refractivity contribution in [3.05, 3.63) is 53.2 Å². The van der Waals surface area contributed by atoms with Crippen LogP contribution in [0.25, 0.3) is 5.57 Å². The number of benzene rings is 1. The van der Waals surface area contributed by atoms with E-state index < -0.39 is 0 Å². The van der Waals surface area contributed by atoms with Gasteiger partial charge in [0.05, 0.1) is 12.5 Å². The largest absolute Gasteiger partial charge is 0.481 e. The zero-order valence-corrected chi connectivity index (χ0v) is 17.7. The predicted molar refractivity (Wildman–Crippen MR) is 117 cm³/mol. The van der Waals surface area contributed by atoms with E-state index in [4.69, 9.17) is 4.74 Å². The molecule has 0 radical (unpaired) electrons. The van der Waals surface area contributed by atoms with Crippen LogP contribution in [0.1, 0.15) is 36.1 Å². The molecular weight excluding hydrogens is 376 g/mol. The van der Waals surface area contributed by atoms with Gasteiger partial charge in [-0.3, -0.25) is 4.79 Å². The van der Waals surface area contributed by atoms with Crippen LogP contribution in [0.3, 0.4) is 0 Å². The van der Waals surface area contributed by atoms with Crippen LogP contribution in [0.2, 0.25) is 0 Å². The molecule has 2 aliphatic heterocycles. The quantitative estimate of drug-likeness (QED) is 0.783. The number of anilines is 1. The lowest BCUT2D eigenvalue weighted by atomic mass is 9.77. The Morgan fingerprint density at radius 1 is 1.10 bits per heavy atom. The van der Waals surface area contributed by atoms with Crippen LogP contribution in [0.5, 0.6) is 5.88 Å². The van der Waals surface area contributed by atoms with Crippen LogP contribution in [0, 0.1) is 12.3 Å². The summed E-state index contributed by atoms with van der Waals surface area (Å²) in [5.74, 6) is 1.62. The highest BCUT2D eigenvalue weighted by atomic mass is 16.5. The standard InChI is InChI=1S/C24H28N4O2/c1-17-15-21(30-2)26-23(25-17)27-12-9-24(10-13-27)11-14-28(22(24)29)16-19-8-7-18-5-3-4-6-20(18)19/h3-6,8,15H,7,9-14,16H2,1-2H3. The fourth-order valence-corrected chi connectivity index (χ4v) is 5.12. The first-order valence-corrected chi connectivity index (χ1v) is 10.8. The van der Waals surface area contributed by atoms with E-state index in [0.717, 1.165) is 57.6 Å². The highest BCUT2D eigenvalue weighted by Gasteiger charge is 2.48. The van der Waals surface area contributed by atoms with Gasteiger partial charge in [0.1, 0.15) is 0 Å². The monoisotopic (exact) mass is 404 g/mol. The number of carbonyl (C=O) groups excluding carboxylic acids is 1. The number of hydrogen-bond donors (Lipinski definition) is 0. The molecule has 5 rings (SSSR count). The van der Waals surface area contributed by atoms with Gasteiger partial charge in [-0.1, -0.05) is 30.3 Å². The highest BCUT2D eigenvalue weighted by Crippen LogP contribution is 2.43. The molecule has 156 valence electrons. The van der Waals surface area contributed by atoms with Crippen LogP contribution in [0.4, 0.5) is 5.95 Å². The summed E-state index contributed by atoms with van der Waals surface area (Å²) in [7, 11) is 1.63. The minimum atomic E-state index is -0.219. The molecule has 6 heteroatoms. The molecule has 3 aliphatic rings. The third-order valence-corrected chi connectivity index (χ3v) is 6.93. The van der Waals surface area contributed by atoms with Gasteiger partial charge in [-0.15, -0.1) is 0 Å². The van der Waals surface area contributed by atoms with Crippen molar-refractivity contribution in [2.24, 2.45) is 5.41 Å². The van der Waals surface area contributed by atoms with Gasteiger partial charge in [-0.2, -0.15) is 4.98 Å². The summed E-state index contributed by atoms with van der Waals surface area (Å²) >= 11 is 0. The lowest BCUT2D eigenvalue weighted by molar-refractivity contribution is -0.136. The third kappa shape index (κ3) is 3.24. The second-order valence-corrected chi connectivity index (χ2v) is 8.69. The highest BCUT2D eigenvalue weighted by molar-refractivity contribution is 5.87. The number of fused-ring (bicyclic) bond motifs is 1. The minimum Gasteiger partial charge on any atom is -0.481 e. The predicted octanol–water partition coefficient (Wildman–Crippen LogP) is 3.25. The molecule has 6 nitrogen and oxygen atoms in total. The molecule has 1 aromatic heterocycles. The van der Waals surface area contributed by atoms with E-state index in [9.17, 15) is 4.79 Å². The number of ether oxygens (including phenoxy) is 1. The Hall–Kier alpha value is -2.89. The Balaban J connectivity index is 1.26. The number of rotatable bonds is 4. The number of nitrogens with zero attached hydrogens (tertiary/aromatic N) is 4. The number of carbonyl (C=O) groups is 1. The molecule has 0 unspecified atom stereocenters. The second kappa shape index (κ2) is 7.42. The number of amides is 1. The molecule has 2 fully saturated rings. The maximum atomic E-state index is 13.4. The first-order chi connectivity index (χ1) is 14.6. The van der Waals surface area contributed by atoms with Gasteiger partial charge in [0.15, 0.2) is 0 Å². The van der Waals surface area contributed by atoms with Crippen molar-refractivity contribution in [3.8, 4) is 5.88 Å². The van der Waals surface area contributed by atoms with Crippen LogP contribution in [0.15, 0.2) is 36.4 Å². The number of piperidine rings is 1. The molecule has 0 bridgehead atoms. The van der Waals surface area contributed by atoms with Gasteiger partial charge in [-0.05, 0) is 49.3 Å². The summed E-state index contributed by atoms with van der Waals surface area (Å²) < 4.78 is 5.30. The third-order valence-electron chi connectivity index (χ3n) is 6.93. The van der Waals surface area contributed by atoms with Crippen LogP contribution in [-0.2, 0) is 11.2 Å². The van der Waals surface area contributed by atoms with E-state index in [2.05, 4.69) is 50.1 Å². The van der Waals surface area contributed by atoms with Crippen LogP contribution >= 0.6 is 0 Å². The van der Waals surface area contributed by atoms with Crippen LogP contribution in [-0.4, -0.2) is 54.1 Å². The molecule has 2 aromatic rings. The number of allylic oxidation sites excluding steroid dienone is 1. The summed E-state index contributed by atoms with van der Waals surface area (Å²) in [5.41, 5.74) is 4.66. The SMILES string of the molecule is COc1cc(C)nc(N2CCC3(CCN(CC4=CCc5ccccc54)C3=O)CC2)n1. The summed E-state index contributed by atoms with van der Waals surface area (Å²) in [6.07, 6.45) is 5.93. The molecule has 30 heavy (non-hydrogen) atoms. The van der Waals surface area contributed by atoms with Crippen molar-refractivity contribution >= 4 is 17.4 Å². The number of likely N-dealkylation sites (tertiary alicyclic amines) is 1. The fourth-order valence-electron chi connectivity index (χ4n) is 5.12. The Morgan fingerprint density at radius 3 is 2.67 bits per heavy atom. The molecule has 1 aliphatic carbocycles.